The second kappa shape index (κ2) is 11.7. The number of carboxylic acid groups (broad SMARTS) is 1. The fourth-order valence-electron chi connectivity index (χ4n) is 4.57. The molecule has 2 aromatic carbocycles. The molecular weight excluding hydrogens is 459 g/mol. The smallest absolute Gasteiger partial charge is 0.475 e. The lowest BCUT2D eigenvalue weighted by molar-refractivity contribution is -0.192. The van der Waals surface area contributed by atoms with Crippen LogP contribution in [0.1, 0.15) is 36.0 Å². The van der Waals surface area contributed by atoms with Crippen LogP contribution in [0.4, 0.5) is 13.2 Å². The molecule has 2 aliphatic heterocycles. The van der Waals surface area contributed by atoms with Crippen LogP contribution in [-0.4, -0.2) is 65.4 Å². The molecule has 0 bridgehead atoms. The number of rotatable bonds is 5. The molecule has 2 aromatic rings. The zero-order valence-corrected chi connectivity index (χ0v) is 19.7. The van der Waals surface area contributed by atoms with E-state index in [0.29, 0.717) is 6.04 Å². The lowest BCUT2D eigenvalue weighted by atomic mass is 9.87. The van der Waals surface area contributed by atoms with Crippen LogP contribution in [0.3, 0.4) is 0 Å². The third kappa shape index (κ3) is 7.79. The van der Waals surface area contributed by atoms with E-state index in [2.05, 4.69) is 59.3 Å². The van der Waals surface area contributed by atoms with Gasteiger partial charge in [0.2, 0.25) is 0 Å². The number of benzene rings is 2. The van der Waals surface area contributed by atoms with Gasteiger partial charge < -0.3 is 9.84 Å². The predicted octanol–water partition coefficient (Wildman–Crippen LogP) is 4.45. The molecule has 1 unspecified atom stereocenters. The van der Waals surface area contributed by atoms with Gasteiger partial charge >= 0.3 is 12.1 Å². The average molecular weight is 490 g/mol. The van der Waals surface area contributed by atoms with Crippen molar-refractivity contribution in [3.8, 4) is 6.07 Å². The second-order valence-electron chi connectivity index (χ2n) is 9.14. The SMILES string of the molecule is CN(Cc1ccccc1)C1COC2(CCN(Cc3cccc(C#N)c3)CC2)C1.O=C(O)C(F)(F)F. The van der Waals surface area contributed by atoms with Gasteiger partial charge in [-0.1, -0.05) is 42.5 Å². The van der Waals surface area contributed by atoms with Crippen LogP contribution < -0.4 is 0 Å². The molecule has 2 fully saturated rings. The summed E-state index contributed by atoms with van der Waals surface area (Å²) >= 11 is 0. The van der Waals surface area contributed by atoms with Gasteiger partial charge in [-0.2, -0.15) is 18.4 Å². The Balaban J connectivity index is 0.000000429. The Morgan fingerprint density at radius 3 is 2.40 bits per heavy atom. The second-order valence-corrected chi connectivity index (χ2v) is 9.14. The van der Waals surface area contributed by atoms with Crippen molar-refractivity contribution in [1.29, 1.82) is 5.26 Å². The molecule has 1 spiro atoms. The fourth-order valence-corrected chi connectivity index (χ4v) is 4.57. The molecule has 4 rings (SSSR count). The van der Waals surface area contributed by atoms with Crippen LogP contribution in [0, 0.1) is 11.3 Å². The first-order valence-corrected chi connectivity index (χ1v) is 11.5. The van der Waals surface area contributed by atoms with E-state index in [4.69, 9.17) is 19.9 Å². The molecule has 35 heavy (non-hydrogen) atoms. The van der Waals surface area contributed by atoms with E-state index in [1.165, 1.54) is 11.1 Å². The number of likely N-dealkylation sites (tertiary alicyclic amines) is 1. The monoisotopic (exact) mass is 489 g/mol. The largest absolute Gasteiger partial charge is 0.490 e. The number of nitriles is 1. The maximum absolute atomic E-state index is 10.6. The van der Waals surface area contributed by atoms with Crippen LogP contribution in [0.2, 0.25) is 0 Å². The lowest BCUT2D eigenvalue weighted by Gasteiger charge is -2.39. The predicted molar refractivity (Wildman–Crippen MR) is 124 cm³/mol. The third-order valence-electron chi connectivity index (χ3n) is 6.56. The van der Waals surface area contributed by atoms with Crippen LogP contribution in [0.15, 0.2) is 54.6 Å². The van der Waals surface area contributed by atoms with Crippen LogP contribution >= 0.6 is 0 Å². The van der Waals surface area contributed by atoms with Crippen molar-refractivity contribution in [2.24, 2.45) is 0 Å². The van der Waals surface area contributed by atoms with Gasteiger partial charge in [-0.15, -0.1) is 0 Å². The van der Waals surface area contributed by atoms with Crippen LogP contribution in [-0.2, 0) is 22.6 Å². The number of piperidine rings is 1. The molecule has 188 valence electrons. The summed E-state index contributed by atoms with van der Waals surface area (Å²) in [6.45, 7) is 4.86. The summed E-state index contributed by atoms with van der Waals surface area (Å²) in [5.74, 6) is -2.76. The van der Waals surface area contributed by atoms with Gasteiger partial charge in [0.05, 0.1) is 23.8 Å². The number of halogens is 3. The number of likely N-dealkylation sites (N-methyl/N-ethyl adjacent to an activating group) is 1. The van der Waals surface area contributed by atoms with Gasteiger partial charge in [-0.25, -0.2) is 4.79 Å². The summed E-state index contributed by atoms with van der Waals surface area (Å²) in [5, 5.41) is 16.2. The van der Waals surface area contributed by atoms with Gasteiger partial charge in [-0.05, 0) is 49.6 Å². The highest BCUT2D eigenvalue weighted by Gasteiger charge is 2.43. The number of hydrogen-bond donors (Lipinski definition) is 1. The van der Waals surface area contributed by atoms with E-state index in [0.717, 1.165) is 57.6 Å². The Bertz CT molecular complexity index is 1020. The first-order valence-electron chi connectivity index (χ1n) is 11.5. The Labute approximate surface area is 203 Å². The topological polar surface area (TPSA) is 76.8 Å². The Hall–Kier alpha value is -2.93. The van der Waals surface area contributed by atoms with Gasteiger partial charge in [0, 0.05) is 32.2 Å². The van der Waals surface area contributed by atoms with E-state index < -0.39 is 12.1 Å². The van der Waals surface area contributed by atoms with Crippen molar-refractivity contribution < 1.29 is 27.8 Å². The minimum atomic E-state index is -5.08. The lowest BCUT2D eigenvalue weighted by Crippen LogP contribution is -2.44. The van der Waals surface area contributed by atoms with E-state index in [1.54, 1.807) is 0 Å². The number of nitrogens with zero attached hydrogens (tertiary/aromatic N) is 3. The highest BCUT2D eigenvalue weighted by molar-refractivity contribution is 5.73. The van der Waals surface area contributed by atoms with E-state index >= 15 is 0 Å². The number of alkyl halides is 3. The summed E-state index contributed by atoms with van der Waals surface area (Å²) in [6, 6.07) is 21.4. The van der Waals surface area contributed by atoms with Gasteiger partial charge in [0.25, 0.3) is 0 Å². The summed E-state index contributed by atoms with van der Waals surface area (Å²) in [4.78, 5) is 13.8. The number of carbonyl (C=O) groups is 1. The van der Waals surface area contributed by atoms with Crippen LogP contribution in [0.5, 0.6) is 0 Å². The molecule has 9 heteroatoms. The van der Waals surface area contributed by atoms with Crippen molar-refractivity contribution in [2.75, 3.05) is 26.7 Å². The molecule has 2 aliphatic rings. The molecule has 0 aromatic heterocycles. The van der Waals surface area contributed by atoms with E-state index in [9.17, 15) is 13.2 Å². The molecule has 1 N–H and O–H groups in total. The maximum atomic E-state index is 10.6. The summed E-state index contributed by atoms with van der Waals surface area (Å²) in [6.07, 6.45) is -1.75. The molecular formula is C26H30F3N3O3. The summed E-state index contributed by atoms with van der Waals surface area (Å²) in [5.41, 5.74) is 3.39. The number of hydrogen-bond acceptors (Lipinski definition) is 5. The molecule has 0 aliphatic carbocycles. The minimum Gasteiger partial charge on any atom is -0.475 e. The Morgan fingerprint density at radius 2 is 1.80 bits per heavy atom. The molecule has 2 saturated heterocycles. The summed E-state index contributed by atoms with van der Waals surface area (Å²) < 4.78 is 38.1. The van der Waals surface area contributed by atoms with Gasteiger partial charge in [0.15, 0.2) is 0 Å². The minimum absolute atomic E-state index is 0.0562. The molecule has 0 radical (unpaired) electrons. The highest BCUT2D eigenvalue weighted by Crippen LogP contribution is 2.38. The molecule has 0 amide bonds. The maximum Gasteiger partial charge on any atom is 0.490 e. The fraction of sp³-hybridized carbons (Fsp3) is 0.462. The van der Waals surface area contributed by atoms with Crippen molar-refractivity contribution in [2.45, 2.75) is 50.2 Å². The number of carboxylic acids is 1. The number of ether oxygens (including phenoxy) is 1. The zero-order valence-electron chi connectivity index (χ0n) is 19.7. The van der Waals surface area contributed by atoms with Crippen molar-refractivity contribution in [3.63, 3.8) is 0 Å². The van der Waals surface area contributed by atoms with Crippen molar-refractivity contribution in [3.05, 3.63) is 71.3 Å². The van der Waals surface area contributed by atoms with Gasteiger partial charge in [-0.3, -0.25) is 9.80 Å². The Kier molecular flexibility index (Phi) is 8.89. The zero-order chi connectivity index (χ0) is 25.5. The average Bonchev–Trinajstić information content (AvgIpc) is 3.25. The Morgan fingerprint density at radius 1 is 1.17 bits per heavy atom. The first-order chi connectivity index (χ1) is 16.6. The molecule has 6 nitrogen and oxygen atoms in total. The normalized spacial score (nSPS) is 19.7. The standard InChI is InChI=1S/C24H29N3O.C2HF3O2/c1-26(17-20-6-3-2-4-7-20)23-15-24(28-19-23)10-12-27(13-11-24)18-22-9-5-8-21(14-22)16-25;3-2(4,5)1(6)7/h2-9,14,23H,10-13,15,17-19H2,1H3;(H,6,7). The number of aliphatic carboxylic acids is 1. The van der Waals surface area contributed by atoms with E-state index in [1.807, 2.05) is 18.2 Å². The third-order valence-corrected chi connectivity index (χ3v) is 6.56. The highest BCUT2D eigenvalue weighted by atomic mass is 19.4. The van der Waals surface area contributed by atoms with Crippen molar-refractivity contribution in [1.82, 2.24) is 9.80 Å². The molecule has 0 saturated carbocycles. The van der Waals surface area contributed by atoms with Crippen molar-refractivity contribution >= 4 is 5.97 Å². The van der Waals surface area contributed by atoms with Gasteiger partial charge in [0.1, 0.15) is 0 Å². The first kappa shape index (κ1) is 26.7. The molecule has 1 atom stereocenters. The quantitative estimate of drug-likeness (QED) is 0.669. The summed E-state index contributed by atoms with van der Waals surface area (Å²) in [7, 11) is 2.22. The molecule has 2 heterocycles. The van der Waals surface area contributed by atoms with E-state index in [-0.39, 0.29) is 5.60 Å². The van der Waals surface area contributed by atoms with Crippen LogP contribution in [0.25, 0.3) is 0 Å².